The average Bonchev–Trinajstić information content (AvgIpc) is 3.49. The van der Waals surface area contributed by atoms with Gasteiger partial charge < -0.3 is 9.88 Å². The molecule has 0 aliphatic carbocycles. The summed E-state index contributed by atoms with van der Waals surface area (Å²) in [6.07, 6.45) is 3.40. The maximum Gasteiger partial charge on any atom is 0.255 e. The van der Waals surface area contributed by atoms with Crippen LogP contribution in [-0.4, -0.2) is 30.5 Å². The second kappa shape index (κ2) is 8.31. The van der Waals surface area contributed by atoms with Gasteiger partial charge in [-0.15, -0.1) is 10.2 Å². The van der Waals surface area contributed by atoms with Crippen LogP contribution in [0.4, 0.5) is 5.69 Å². The van der Waals surface area contributed by atoms with Crippen molar-refractivity contribution in [3.05, 3.63) is 103 Å². The first-order valence-electron chi connectivity index (χ1n) is 10.1. The van der Waals surface area contributed by atoms with Gasteiger partial charge >= 0.3 is 0 Å². The molecule has 0 atom stereocenters. The van der Waals surface area contributed by atoms with Crippen molar-refractivity contribution < 1.29 is 4.79 Å². The molecule has 1 N–H and O–H groups in total. The minimum Gasteiger partial charge on any atom is -0.322 e. The molecule has 5 aromatic rings. The Hall–Kier alpha value is -4.52. The van der Waals surface area contributed by atoms with Crippen molar-refractivity contribution in [2.45, 2.75) is 0 Å². The van der Waals surface area contributed by atoms with Crippen LogP contribution in [0.5, 0.6) is 0 Å². The Bertz CT molecular complexity index is 1390. The molecule has 7 heteroatoms. The Labute approximate surface area is 185 Å². The van der Waals surface area contributed by atoms with Crippen LogP contribution in [0.3, 0.4) is 0 Å². The van der Waals surface area contributed by atoms with E-state index in [0.717, 1.165) is 28.3 Å². The maximum atomic E-state index is 13.0. The summed E-state index contributed by atoms with van der Waals surface area (Å²) in [5.41, 5.74) is 4.93. The summed E-state index contributed by atoms with van der Waals surface area (Å²) >= 11 is 0. The predicted octanol–water partition coefficient (Wildman–Crippen LogP) is 4.59. The predicted molar refractivity (Wildman–Crippen MR) is 123 cm³/mol. The third kappa shape index (κ3) is 3.79. The molecule has 0 bridgehead atoms. The van der Waals surface area contributed by atoms with Crippen molar-refractivity contribution in [3.63, 3.8) is 0 Å². The zero-order valence-corrected chi connectivity index (χ0v) is 17.4. The first-order chi connectivity index (χ1) is 15.7. The summed E-state index contributed by atoms with van der Waals surface area (Å²) in [4.78, 5) is 13.0. The highest BCUT2D eigenvalue weighted by Crippen LogP contribution is 2.24. The number of aryl methyl sites for hydroxylation is 1. The first kappa shape index (κ1) is 19.4. The lowest BCUT2D eigenvalue weighted by molar-refractivity contribution is 0.102. The Kier molecular flexibility index (Phi) is 5.05. The highest BCUT2D eigenvalue weighted by Gasteiger charge is 2.12. The molecule has 3 aromatic carbocycles. The minimum absolute atomic E-state index is 0.199. The first-order valence-corrected chi connectivity index (χ1v) is 10.1. The summed E-state index contributed by atoms with van der Waals surface area (Å²) in [5, 5.41) is 15.5. The largest absolute Gasteiger partial charge is 0.322 e. The fourth-order valence-corrected chi connectivity index (χ4v) is 3.60. The lowest BCUT2D eigenvalue weighted by atomic mass is 10.1. The van der Waals surface area contributed by atoms with Crippen molar-refractivity contribution in [1.82, 2.24) is 24.5 Å². The van der Waals surface area contributed by atoms with Crippen LogP contribution in [0.1, 0.15) is 10.4 Å². The molecule has 0 saturated carbocycles. The summed E-state index contributed by atoms with van der Waals surface area (Å²) in [6, 6.07) is 27.0. The number of anilines is 1. The summed E-state index contributed by atoms with van der Waals surface area (Å²) in [6.45, 7) is 0. The van der Waals surface area contributed by atoms with Gasteiger partial charge in [-0.05, 0) is 36.4 Å². The molecule has 0 aliphatic heterocycles. The number of benzene rings is 3. The van der Waals surface area contributed by atoms with E-state index in [2.05, 4.69) is 20.6 Å². The normalized spacial score (nSPS) is 10.8. The monoisotopic (exact) mass is 420 g/mol. The van der Waals surface area contributed by atoms with Crippen LogP contribution in [-0.2, 0) is 7.05 Å². The van der Waals surface area contributed by atoms with Gasteiger partial charge in [0.1, 0.15) is 6.33 Å². The van der Waals surface area contributed by atoms with Crippen molar-refractivity contribution in [2.75, 3.05) is 5.32 Å². The Morgan fingerprint density at radius 1 is 0.875 bits per heavy atom. The van der Waals surface area contributed by atoms with Crippen LogP contribution < -0.4 is 5.32 Å². The quantitative estimate of drug-likeness (QED) is 0.451. The molecular formula is C25H20N6O. The van der Waals surface area contributed by atoms with E-state index < -0.39 is 0 Å². The number of amides is 1. The van der Waals surface area contributed by atoms with Crippen molar-refractivity contribution in [1.29, 1.82) is 0 Å². The Balaban J connectivity index is 1.41. The van der Waals surface area contributed by atoms with Crippen LogP contribution in [0.15, 0.2) is 97.5 Å². The van der Waals surface area contributed by atoms with Crippen molar-refractivity contribution in [3.8, 4) is 28.3 Å². The number of carbonyl (C=O) groups is 1. The number of hydrogen-bond acceptors (Lipinski definition) is 4. The van der Waals surface area contributed by atoms with Gasteiger partial charge in [0, 0.05) is 29.4 Å². The van der Waals surface area contributed by atoms with Crippen LogP contribution in [0, 0.1) is 0 Å². The fraction of sp³-hybridized carbons (Fsp3) is 0.0400. The average molecular weight is 420 g/mol. The van der Waals surface area contributed by atoms with Crippen molar-refractivity contribution >= 4 is 11.6 Å². The smallest absolute Gasteiger partial charge is 0.255 e. The van der Waals surface area contributed by atoms with Gasteiger partial charge in [0.25, 0.3) is 5.91 Å². The van der Waals surface area contributed by atoms with Crippen LogP contribution >= 0.6 is 0 Å². The molecule has 0 fully saturated rings. The van der Waals surface area contributed by atoms with Crippen LogP contribution in [0.25, 0.3) is 28.3 Å². The SMILES string of the molecule is Cn1cnnc1-c1cccc(NC(=O)c2cccc(-n3nccc3-c3ccccc3)c2)c1. The molecule has 1 amide bonds. The Morgan fingerprint density at radius 2 is 1.69 bits per heavy atom. The van der Waals surface area contributed by atoms with Gasteiger partial charge in [-0.25, -0.2) is 4.68 Å². The topological polar surface area (TPSA) is 77.6 Å². The molecule has 7 nitrogen and oxygen atoms in total. The fourth-order valence-electron chi connectivity index (χ4n) is 3.60. The van der Waals surface area contributed by atoms with Crippen molar-refractivity contribution in [2.24, 2.45) is 7.05 Å². The van der Waals surface area contributed by atoms with Gasteiger partial charge in [0.2, 0.25) is 0 Å². The molecule has 0 radical (unpaired) electrons. The molecule has 0 saturated heterocycles. The second-order valence-electron chi connectivity index (χ2n) is 7.34. The highest BCUT2D eigenvalue weighted by atomic mass is 16.1. The molecule has 32 heavy (non-hydrogen) atoms. The van der Waals surface area contributed by atoms with Gasteiger partial charge in [-0.2, -0.15) is 5.10 Å². The molecular weight excluding hydrogens is 400 g/mol. The maximum absolute atomic E-state index is 13.0. The van der Waals surface area contributed by atoms with E-state index in [1.807, 2.05) is 95.2 Å². The summed E-state index contributed by atoms with van der Waals surface area (Å²) in [5.74, 6) is 0.533. The van der Waals surface area contributed by atoms with E-state index in [4.69, 9.17) is 0 Å². The third-order valence-corrected chi connectivity index (χ3v) is 5.16. The summed E-state index contributed by atoms with van der Waals surface area (Å²) in [7, 11) is 1.88. The molecule has 156 valence electrons. The van der Waals surface area contributed by atoms with E-state index in [1.165, 1.54) is 0 Å². The van der Waals surface area contributed by atoms with Gasteiger partial charge in [0.15, 0.2) is 5.82 Å². The van der Waals surface area contributed by atoms with Gasteiger partial charge in [-0.3, -0.25) is 4.79 Å². The zero-order chi connectivity index (χ0) is 21.9. The highest BCUT2D eigenvalue weighted by molar-refractivity contribution is 6.04. The number of carbonyl (C=O) groups excluding carboxylic acids is 1. The Morgan fingerprint density at radius 3 is 2.50 bits per heavy atom. The number of nitrogens with one attached hydrogen (secondary N) is 1. The van der Waals surface area contributed by atoms with E-state index in [-0.39, 0.29) is 5.91 Å². The molecule has 0 unspecified atom stereocenters. The molecule has 2 aromatic heterocycles. The van der Waals surface area contributed by atoms with E-state index >= 15 is 0 Å². The minimum atomic E-state index is -0.199. The number of hydrogen-bond donors (Lipinski definition) is 1. The van der Waals surface area contributed by atoms with Crippen LogP contribution in [0.2, 0.25) is 0 Å². The molecule has 5 rings (SSSR count). The zero-order valence-electron chi connectivity index (χ0n) is 17.4. The lowest BCUT2D eigenvalue weighted by Gasteiger charge is -2.11. The molecule has 2 heterocycles. The van der Waals surface area contributed by atoms with E-state index in [1.54, 1.807) is 18.6 Å². The van der Waals surface area contributed by atoms with Gasteiger partial charge in [0.05, 0.1) is 17.6 Å². The molecule has 0 aliphatic rings. The second-order valence-corrected chi connectivity index (χ2v) is 7.34. The standard InChI is InChI=1S/C25H20N6O/c1-30-17-26-29-24(30)19-9-5-11-21(15-19)28-25(32)20-10-6-12-22(16-20)31-23(13-14-27-31)18-7-3-2-4-8-18/h2-17H,1H3,(H,28,32). The molecule has 0 spiro atoms. The third-order valence-electron chi connectivity index (χ3n) is 5.16. The number of rotatable bonds is 5. The van der Waals surface area contributed by atoms with Gasteiger partial charge in [-0.1, -0.05) is 48.5 Å². The summed E-state index contributed by atoms with van der Waals surface area (Å²) < 4.78 is 3.67. The van der Waals surface area contributed by atoms with E-state index in [0.29, 0.717) is 11.3 Å². The lowest BCUT2D eigenvalue weighted by Crippen LogP contribution is -2.12. The van der Waals surface area contributed by atoms with E-state index in [9.17, 15) is 4.79 Å². The number of aromatic nitrogens is 5. The number of nitrogens with zero attached hydrogens (tertiary/aromatic N) is 5.